The molecule has 2 heterocycles. The number of para-hydroxylation sites is 1. The molecule has 1 saturated heterocycles. The fourth-order valence-electron chi connectivity index (χ4n) is 4.36. The molecule has 1 fully saturated rings. The lowest BCUT2D eigenvalue weighted by Gasteiger charge is -2.30. The van der Waals surface area contributed by atoms with Crippen LogP contribution in [0.15, 0.2) is 54.6 Å². The van der Waals surface area contributed by atoms with Gasteiger partial charge >= 0.3 is 0 Å². The van der Waals surface area contributed by atoms with Crippen LogP contribution < -0.4 is 16.0 Å². The van der Waals surface area contributed by atoms with E-state index in [1.54, 1.807) is 12.1 Å². The van der Waals surface area contributed by atoms with Gasteiger partial charge in [0.05, 0.1) is 16.9 Å². The number of hydrogen-bond acceptors (Lipinski definition) is 3. The number of carbonyl (C=O) groups is 2. The van der Waals surface area contributed by atoms with Crippen molar-refractivity contribution in [2.45, 2.75) is 33.1 Å². The molecule has 6 heteroatoms. The van der Waals surface area contributed by atoms with Crippen molar-refractivity contribution in [3.05, 3.63) is 77.1 Å². The highest BCUT2D eigenvalue weighted by Crippen LogP contribution is 2.31. The highest BCUT2D eigenvalue weighted by atomic mass is 16.2. The van der Waals surface area contributed by atoms with Crippen LogP contribution in [-0.4, -0.2) is 29.5 Å². The third-order valence-corrected chi connectivity index (χ3v) is 5.92. The zero-order chi connectivity index (χ0) is 22.0. The number of anilines is 2. The van der Waals surface area contributed by atoms with E-state index in [9.17, 15) is 9.59 Å². The Kier molecular flexibility index (Phi) is 5.80. The first-order valence-corrected chi connectivity index (χ1v) is 10.7. The van der Waals surface area contributed by atoms with Gasteiger partial charge in [-0.3, -0.25) is 9.59 Å². The molecule has 4 rings (SSSR count). The van der Waals surface area contributed by atoms with Crippen LogP contribution in [-0.2, 0) is 0 Å². The summed E-state index contributed by atoms with van der Waals surface area (Å²) in [5.74, 6) is -0.710. The summed E-state index contributed by atoms with van der Waals surface area (Å²) in [4.78, 5) is 27.3. The fraction of sp³-hybridized carbons (Fsp3) is 0.280. The molecule has 1 aliphatic rings. The molecule has 160 valence electrons. The van der Waals surface area contributed by atoms with Gasteiger partial charge in [0.25, 0.3) is 5.91 Å². The van der Waals surface area contributed by atoms with Crippen molar-refractivity contribution < 1.29 is 9.59 Å². The molecule has 31 heavy (non-hydrogen) atoms. The molecule has 1 aromatic heterocycles. The Balaban J connectivity index is 1.68. The lowest BCUT2D eigenvalue weighted by atomic mass is 10.1. The van der Waals surface area contributed by atoms with Gasteiger partial charge in [0, 0.05) is 35.7 Å². The SMILES string of the molecule is Cc1cc(C(=O)Nc2cc(C(N)=O)ccc2N2CCCCC2)c(C)n1-c1ccccc1. The zero-order valence-electron chi connectivity index (χ0n) is 18.0. The number of rotatable bonds is 5. The second kappa shape index (κ2) is 8.68. The normalized spacial score (nSPS) is 13.8. The van der Waals surface area contributed by atoms with Gasteiger partial charge in [-0.05, 0) is 69.5 Å². The summed E-state index contributed by atoms with van der Waals surface area (Å²) in [6.07, 6.45) is 3.44. The summed E-state index contributed by atoms with van der Waals surface area (Å²) >= 11 is 0. The van der Waals surface area contributed by atoms with Gasteiger partial charge in [-0.15, -0.1) is 0 Å². The van der Waals surface area contributed by atoms with Crippen molar-refractivity contribution >= 4 is 23.2 Å². The average molecular weight is 417 g/mol. The number of carbonyl (C=O) groups excluding carboxylic acids is 2. The summed E-state index contributed by atoms with van der Waals surface area (Å²) in [6, 6.07) is 17.2. The first kappa shape index (κ1) is 20.7. The lowest BCUT2D eigenvalue weighted by molar-refractivity contribution is 0.0996. The predicted octanol–water partition coefficient (Wildman–Crippen LogP) is 4.44. The van der Waals surface area contributed by atoms with E-state index in [1.165, 1.54) is 6.42 Å². The van der Waals surface area contributed by atoms with Crippen molar-refractivity contribution in [3.8, 4) is 5.69 Å². The standard InChI is InChI=1S/C25H28N4O2/c1-17-15-21(18(2)29(17)20-9-5-3-6-10-20)25(31)27-22-16-19(24(26)30)11-12-23(22)28-13-7-4-8-14-28/h3,5-6,9-12,15-16H,4,7-8,13-14H2,1-2H3,(H2,26,30)(H,27,31). The Labute approximate surface area is 182 Å². The van der Waals surface area contributed by atoms with Crippen LogP contribution in [0, 0.1) is 13.8 Å². The van der Waals surface area contributed by atoms with Crippen LogP contribution in [0.25, 0.3) is 5.69 Å². The van der Waals surface area contributed by atoms with Crippen molar-refractivity contribution in [2.24, 2.45) is 5.73 Å². The van der Waals surface area contributed by atoms with Crippen LogP contribution in [0.5, 0.6) is 0 Å². The Morgan fingerprint density at radius 2 is 1.65 bits per heavy atom. The highest BCUT2D eigenvalue weighted by molar-refractivity contribution is 6.08. The number of nitrogens with zero attached hydrogens (tertiary/aromatic N) is 2. The minimum absolute atomic E-state index is 0.199. The third kappa shape index (κ3) is 4.19. The number of piperidine rings is 1. The van der Waals surface area contributed by atoms with Crippen molar-refractivity contribution in [3.63, 3.8) is 0 Å². The number of benzene rings is 2. The molecular weight excluding hydrogens is 388 g/mol. The molecule has 0 unspecified atom stereocenters. The molecule has 0 saturated carbocycles. The summed E-state index contributed by atoms with van der Waals surface area (Å²) in [5, 5.41) is 3.05. The molecular formula is C25H28N4O2. The van der Waals surface area contributed by atoms with Crippen LogP contribution in [0.2, 0.25) is 0 Å². The first-order chi connectivity index (χ1) is 15.0. The van der Waals surface area contributed by atoms with Gasteiger partial charge in [0.1, 0.15) is 0 Å². The Hall–Kier alpha value is -3.54. The Morgan fingerprint density at radius 3 is 2.32 bits per heavy atom. The van der Waals surface area contributed by atoms with Gasteiger partial charge in [0.2, 0.25) is 5.91 Å². The summed E-state index contributed by atoms with van der Waals surface area (Å²) in [5.41, 5.74) is 10.9. The van der Waals surface area contributed by atoms with E-state index in [1.807, 2.05) is 56.3 Å². The van der Waals surface area contributed by atoms with Crippen LogP contribution in [0.1, 0.15) is 51.4 Å². The second-order valence-electron chi connectivity index (χ2n) is 8.05. The molecule has 0 spiro atoms. The molecule has 0 radical (unpaired) electrons. The zero-order valence-corrected chi connectivity index (χ0v) is 18.0. The number of aryl methyl sites for hydroxylation is 1. The minimum Gasteiger partial charge on any atom is -0.370 e. The van der Waals surface area contributed by atoms with Gasteiger partial charge in [-0.25, -0.2) is 0 Å². The maximum Gasteiger partial charge on any atom is 0.257 e. The molecule has 1 aliphatic heterocycles. The topological polar surface area (TPSA) is 80.4 Å². The van der Waals surface area contributed by atoms with Crippen molar-refractivity contribution in [1.29, 1.82) is 0 Å². The number of nitrogens with two attached hydrogens (primary N) is 1. The molecule has 6 nitrogen and oxygen atoms in total. The van der Waals surface area contributed by atoms with E-state index in [-0.39, 0.29) is 5.91 Å². The summed E-state index contributed by atoms with van der Waals surface area (Å²) in [6.45, 7) is 5.80. The predicted molar refractivity (Wildman–Crippen MR) is 124 cm³/mol. The highest BCUT2D eigenvalue weighted by Gasteiger charge is 2.21. The monoisotopic (exact) mass is 416 g/mol. The molecule has 0 aliphatic carbocycles. The van der Waals surface area contributed by atoms with Gasteiger partial charge in [-0.2, -0.15) is 0 Å². The van der Waals surface area contributed by atoms with Gasteiger partial charge in [0.15, 0.2) is 0 Å². The van der Waals surface area contributed by atoms with E-state index in [0.29, 0.717) is 16.8 Å². The molecule has 2 amide bonds. The molecule has 2 aromatic carbocycles. The quantitative estimate of drug-likeness (QED) is 0.645. The average Bonchev–Trinajstić information content (AvgIpc) is 3.08. The first-order valence-electron chi connectivity index (χ1n) is 10.7. The van der Waals surface area contributed by atoms with E-state index in [0.717, 1.165) is 48.7 Å². The van der Waals surface area contributed by atoms with Crippen molar-refractivity contribution in [2.75, 3.05) is 23.3 Å². The number of nitrogens with one attached hydrogen (secondary N) is 1. The van der Waals surface area contributed by atoms with Crippen LogP contribution >= 0.6 is 0 Å². The molecule has 0 atom stereocenters. The summed E-state index contributed by atoms with van der Waals surface area (Å²) < 4.78 is 2.07. The van der Waals surface area contributed by atoms with Crippen LogP contribution in [0.4, 0.5) is 11.4 Å². The number of hydrogen-bond donors (Lipinski definition) is 2. The van der Waals surface area contributed by atoms with Crippen molar-refractivity contribution in [1.82, 2.24) is 4.57 Å². The van der Waals surface area contributed by atoms with E-state index in [2.05, 4.69) is 14.8 Å². The summed E-state index contributed by atoms with van der Waals surface area (Å²) in [7, 11) is 0. The molecule has 3 N–H and O–H groups in total. The van der Waals surface area contributed by atoms with E-state index < -0.39 is 5.91 Å². The maximum absolute atomic E-state index is 13.3. The second-order valence-corrected chi connectivity index (χ2v) is 8.05. The van der Waals surface area contributed by atoms with Gasteiger partial charge < -0.3 is 20.5 Å². The smallest absolute Gasteiger partial charge is 0.257 e. The Bertz CT molecular complexity index is 1110. The number of aromatic nitrogens is 1. The molecule has 0 bridgehead atoms. The number of amides is 2. The fourth-order valence-corrected chi connectivity index (χ4v) is 4.36. The maximum atomic E-state index is 13.3. The van der Waals surface area contributed by atoms with Crippen LogP contribution in [0.3, 0.4) is 0 Å². The Morgan fingerprint density at radius 1 is 0.935 bits per heavy atom. The largest absolute Gasteiger partial charge is 0.370 e. The lowest BCUT2D eigenvalue weighted by Crippen LogP contribution is -2.30. The van der Waals surface area contributed by atoms with Gasteiger partial charge in [-0.1, -0.05) is 18.2 Å². The number of primary amides is 1. The van der Waals surface area contributed by atoms with E-state index in [4.69, 9.17) is 5.73 Å². The molecule has 3 aromatic rings. The van der Waals surface area contributed by atoms with E-state index >= 15 is 0 Å². The third-order valence-electron chi connectivity index (χ3n) is 5.92. The minimum atomic E-state index is -0.511.